The van der Waals surface area contributed by atoms with Gasteiger partial charge < -0.3 is 21.5 Å². The zero-order valence-corrected chi connectivity index (χ0v) is 25.0. The second-order valence-electron chi connectivity index (χ2n) is 11.3. The van der Waals surface area contributed by atoms with Crippen molar-refractivity contribution in [2.75, 3.05) is 26.2 Å². The van der Waals surface area contributed by atoms with Crippen LogP contribution in [0.5, 0.6) is 0 Å². The molecule has 0 aliphatic carbocycles. The number of hydrogen-bond donors (Lipinski definition) is 3. The van der Waals surface area contributed by atoms with E-state index in [1.54, 1.807) is 0 Å². The van der Waals surface area contributed by atoms with Gasteiger partial charge in [-0.1, -0.05) is 142 Å². The highest BCUT2D eigenvalue weighted by Gasteiger charge is 2.17. The van der Waals surface area contributed by atoms with Crippen LogP contribution in [0.15, 0.2) is 0 Å². The van der Waals surface area contributed by atoms with Crippen LogP contribution in [-0.4, -0.2) is 38.4 Å². The summed E-state index contributed by atoms with van der Waals surface area (Å²) in [6.07, 6.45) is 32.4. The molecular weight excluding hydrogens is 442 g/mol. The lowest BCUT2D eigenvalue weighted by molar-refractivity contribution is 0.0274. The molecule has 0 rings (SSSR count). The number of nitrogens with two attached hydrogens (primary N) is 2. The Labute approximate surface area is 227 Å². The molecule has 0 saturated heterocycles. The maximum atomic E-state index is 6.46. The van der Waals surface area contributed by atoms with Crippen molar-refractivity contribution in [3.63, 3.8) is 0 Å². The van der Waals surface area contributed by atoms with Crippen LogP contribution < -0.4 is 16.8 Å². The number of unbranched alkanes of at least 4 members (excludes halogenated alkanes) is 20. The summed E-state index contributed by atoms with van der Waals surface area (Å²) in [5, 5.41) is 3.59. The summed E-state index contributed by atoms with van der Waals surface area (Å²) in [7, 11) is 0. The highest BCUT2D eigenvalue weighted by molar-refractivity contribution is 4.75. The van der Waals surface area contributed by atoms with Gasteiger partial charge in [-0.15, -0.1) is 0 Å². The number of rotatable bonds is 31. The molecule has 0 spiro atoms. The lowest BCUT2D eigenvalue weighted by Crippen LogP contribution is -2.40. The van der Waals surface area contributed by atoms with Gasteiger partial charge in [0.15, 0.2) is 0 Å². The van der Waals surface area contributed by atoms with Gasteiger partial charge >= 0.3 is 0 Å². The summed E-state index contributed by atoms with van der Waals surface area (Å²) in [6, 6.07) is 0.0893. The monoisotopic (exact) mass is 512 g/mol. The minimum absolute atomic E-state index is 0.0893. The van der Waals surface area contributed by atoms with Crippen molar-refractivity contribution >= 4 is 0 Å². The summed E-state index contributed by atoms with van der Waals surface area (Å²) >= 11 is 0. The van der Waals surface area contributed by atoms with E-state index in [9.17, 15) is 0 Å². The summed E-state index contributed by atoms with van der Waals surface area (Å²) in [6.45, 7) is 8.16. The van der Waals surface area contributed by atoms with Crippen LogP contribution in [0.25, 0.3) is 0 Å². The van der Waals surface area contributed by atoms with E-state index in [2.05, 4.69) is 19.2 Å². The van der Waals surface area contributed by atoms with E-state index in [-0.39, 0.29) is 12.1 Å². The quantitative estimate of drug-likeness (QED) is 0.0814. The predicted molar refractivity (Wildman–Crippen MR) is 162 cm³/mol. The molecule has 0 aromatic rings. The molecule has 0 aromatic heterocycles. The topological polar surface area (TPSA) is 73.3 Å². The van der Waals surface area contributed by atoms with E-state index < -0.39 is 0 Å². The molecule has 2 unspecified atom stereocenters. The van der Waals surface area contributed by atoms with Crippen molar-refractivity contribution < 1.29 is 4.74 Å². The maximum Gasteiger partial charge on any atom is 0.0738 e. The van der Waals surface area contributed by atoms with Gasteiger partial charge in [0.2, 0.25) is 0 Å². The summed E-state index contributed by atoms with van der Waals surface area (Å²) in [4.78, 5) is 0. The molecule has 0 fully saturated rings. The molecule has 36 heavy (non-hydrogen) atoms. The third kappa shape index (κ3) is 26.9. The van der Waals surface area contributed by atoms with Crippen molar-refractivity contribution in [3.8, 4) is 0 Å². The first-order valence-corrected chi connectivity index (χ1v) is 16.5. The van der Waals surface area contributed by atoms with Gasteiger partial charge in [0.1, 0.15) is 0 Å². The first kappa shape index (κ1) is 35.8. The SMILES string of the molecule is CCCCCCCCCCCCCCCCNCCC(N)C(CCN)OCCCCCCCCCC. The molecule has 5 N–H and O–H groups in total. The minimum Gasteiger partial charge on any atom is -0.377 e. The van der Waals surface area contributed by atoms with Gasteiger partial charge in [-0.05, 0) is 45.3 Å². The molecule has 218 valence electrons. The predicted octanol–water partition coefficient (Wildman–Crippen LogP) is 8.65. The van der Waals surface area contributed by atoms with Crippen molar-refractivity contribution in [3.05, 3.63) is 0 Å². The summed E-state index contributed by atoms with van der Waals surface area (Å²) in [5.74, 6) is 0. The van der Waals surface area contributed by atoms with Crippen molar-refractivity contribution in [2.45, 2.75) is 180 Å². The highest BCUT2D eigenvalue weighted by atomic mass is 16.5. The smallest absolute Gasteiger partial charge is 0.0738 e. The fourth-order valence-electron chi connectivity index (χ4n) is 5.08. The van der Waals surface area contributed by atoms with Gasteiger partial charge in [-0.3, -0.25) is 0 Å². The first-order valence-electron chi connectivity index (χ1n) is 16.5. The second-order valence-corrected chi connectivity index (χ2v) is 11.3. The average Bonchev–Trinajstić information content (AvgIpc) is 2.88. The molecule has 4 nitrogen and oxygen atoms in total. The molecule has 0 amide bonds. The Kier molecular flexibility index (Phi) is 30.9. The Balaban J connectivity index is 3.47. The molecule has 4 heteroatoms. The second kappa shape index (κ2) is 31.1. The zero-order chi connectivity index (χ0) is 26.4. The maximum absolute atomic E-state index is 6.46. The minimum atomic E-state index is 0.0893. The average molecular weight is 512 g/mol. The molecule has 2 atom stereocenters. The van der Waals surface area contributed by atoms with Crippen LogP contribution in [0.2, 0.25) is 0 Å². The summed E-state index contributed by atoms with van der Waals surface area (Å²) < 4.78 is 6.14. The Hall–Kier alpha value is -0.160. The highest BCUT2D eigenvalue weighted by Crippen LogP contribution is 2.13. The molecule has 0 radical (unpaired) electrons. The zero-order valence-electron chi connectivity index (χ0n) is 25.0. The van der Waals surface area contributed by atoms with E-state index in [1.807, 2.05) is 0 Å². The van der Waals surface area contributed by atoms with Gasteiger partial charge in [0, 0.05) is 12.6 Å². The Bertz CT molecular complexity index is 394. The van der Waals surface area contributed by atoms with E-state index in [0.29, 0.717) is 6.54 Å². The van der Waals surface area contributed by atoms with Crippen LogP contribution in [0.3, 0.4) is 0 Å². The van der Waals surface area contributed by atoms with Crippen LogP contribution in [-0.2, 0) is 4.74 Å². The van der Waals surface area contributed by atoms with E-state index in [0.717, 1.165) is 39.0 Å². The standard InChI is InChI=1S/C32H69N3O/c1-3-5-7-9-11-13-14-15-16-17-18-19-21-23-28-35-29-26-31(34)32(25-27-33)36-30-24-22-20-12-10-8-6-4-2/h31-32,35H,3-30,33-34H2,1-2H3. The Morgan fingerprint density at radius 3 is 1.39 bits per heavy atom. The Morgan fingerprint density at radius 2 is 0.944 bits per heavy atom. The number of nitrogens with one attached hydrogen (secondary N) is 1. The fraction of sp³-hybridized carbons (Fsp3) is 1.00. The first-order chi connectivity index (χ1) is 17.8. The van der Waals surface area contributed by atoms with E-state index in [1.165, 1.54) is 135 Å². The van der Waals surface area contributed by atoms with Crippen LogP contribution in [0.1, 0.15) is 168 Å². The molecule has 0 saturated carbocycles. The van der Waals surface area contributed by atoms with E-state index >= 15 is 0 Å². The fourth-order valence-corrected chi connectivity index (χ4v) is 5.08. The number of ether oxygens (including phenoxy) is 1. The lowest BCUT2D eigenvalue weighted by atomic mass is 10.0. The normalized spacial score (nSPS) is 13.3. The molecule has 0 aliphatic heterocycles. The van der Waals surface area contributed by atoms with Crippen molar-refractivity contribution in [1.29, 1.82) is 0 Å². The third-order valence-electron chi connectivity index (χ3n) is 7.62. The van der Waals surface area contributed by atoms with Gasteiger partial charge in [-0.2, -0.15) is 0 Å². The lowest BCUT2D eigenvalue weighted by Gasteiger charge is -2.24. The molecule has 0 heterocycles. The molecule has 0 bridgehead atoms. The Morgan fingerprint density at radius 1 is 0.528 bits per heavy atom. The molecule has 0 aliphatic rings. The number of hydrogen-bond acceptors (Lipinski definition) is 4. The van der Waals surface area contributed by atoms with Gasteiger partial charge in [-0.25, -0.2) is 0 Å². The largest absolute Gasteiger partial charge is 0.377 e. The summed E-state index contributed by atoms with van der Waals surface area (Å²) in [5.41, 5.74) is 12.3. The van der Waals surface area contributed by atoms with Crippen LogP contribution in [0.4, 0.5) is 0 Å². The van der Waals surface area contributed by atoms with E-state index in [4.69, 9.17) is 16.2 Å². The molecular formula is C32H69N3O. The van der Waals surface area contributed by atoms with Crippen molar-refractivity contribution in [2.24, 2.45) is 11.5 Å². The third-order valence-corrected chi connectivity index (χ3v) is 7.62. The van der Waals surface area contributed by atoms with Gasteiger partial charge in [0.05, 0.1) is 6.10 Å². The molecule has 0 aromatic carbocycles. The van der Waals surface area contributed by atoms with Crippen LogP contribution in [0, 0.1) is 0 Å². The van der Waals surface area contributed by atoms with Crippen LogP contribution >= 0.6 is 0 Å². The van der Waals surface area contributed by atoms with Gasteiger partial charge in [0.25, 0.3) is 0 Å². The van der Waals surface area contributed by atoms with Crippen molar-refractivity contribution in [1.82, 2.24) is 5.32 Å².